The number of barbiturate groups is 1. The first-order chi connectivity index (χ1) is 25.3. The molecule has 0 bridgehead atoms. The molecular formula is C42H34N4O6. The van der Waals surface area contributed by atoms with Gasteiger partial charge in [0.1, 0.15) is 17.9 Å². The Morgan fingerprint density at radius 2 is 1.38 bits per heavy atom. The molecule has 3 aliphatic heterocycles. The zero-order valence-electron chi connectivity index (χ0n) is 28.1. The number of urea groups is 1. The smallest absolute Gasteiger partial charge is 0.335 e. The van der Waals surface area contributed by atoms with Crippen LogP contribution in [0.1, 0.15) is 58.1 Å². The highest BCUT2D eigenvalue weighted by molar-refractivity contribution is 6.39. The minimum absolute atomic E-state index is 0.0187. The number of anilines is 2. The quantitative estimate of drug-likeness (QED) is 0.0766. The van der Waals surface area contributed by atoms with Crippen LogP contribution in [0.25, 0.3) is 6.08 Å². The van der Waals surface area contributed by atoms with Crippen LogP contribution in [-0.2, 0) is 16.2 Å². The third kappa shape index (κ3) is 6.19. The third-order valence-corrected chi connectivity index (χ3v) is 10.1. The van der Waals surface area contributed by atoms with Crippen LogP contribution in [0.2, 0.25) is 0 Å². The molecule has 3 aliphatic rings. The van der Waals surface area contributed by atoms with Gasteiger partial charge in [-0.15, -0.1) is 0 Å². The summed E-state index contributed by atoms with van der Waals surface area (Å²) >= 11 is 0. The molecule has 1 N–H and O–H groups in total. The van der Waals surface area contributed by atoms with E-state index in [4.69, 9.17) is 4.74 Å². The van der Waals surface area contributed by atoms with E-state index in [9.17, 15) is 24.5 Å². The monoisotopic (exact) mass is 690 g/mol. The maximum atomic E-state index is 14.2. The molecule has 258 valence electrons. The molecule has 3 heterocycles. The second-order valence-corrected chi connectivity index (χ2v) is 13.2. The molecular weight excluding hydrogens is 656 g/mol. The van der Waals surface area contributed by atoms with Crippen LogP contribution in [0.5, 0.6) is 5.75 Å². The van der Waals surface area contributed by atoms with E-state index in [0.29, 0.717) is 22.6 Å². The van der Waals surface area contributed by atoms with Gasteiger partial charge in [-0.05, 0) is 76.6 Å². The van der Waals surface area contributed by atoms with E-state index < -0.39 is 22.8 Å². The van der Waals surface area contributed by atoms with Gasteiger partial charge < -0.3 is 9.64 Å². The van der Waals surface area contributed by atoms with E-state index in [1.54, 1.807) is 36.4 Å². The number of non-ortho nitro benzene ring substituents is 1. The molecule has 1 saturated heterocycles. The summed E-state index contributed by atoms with van der Waals surface area (Å²) in [7, 11) is 0. The van der Waals surface area contributed by atoms with Crippen LogP contribution in [0.4, 0.5) is 21.9 Å². The Hall–Kier alpha value is -6.55. The van der Waals surface area contributed by atoms with Crippen molar-refractivity contribution in [1.29, 1.82) is 0 Å². The number of rotatable bonds is 8. The number of carbonyl (C=O) groups is 3. The van der Waals surface area contributed by atoms with E-state index in [1.807, 2.05) is 48.5 Å². The molecule has 0 saturated carbocycles. The Balaban J connectivity index is 1.13. The van der Waals surface area contributed by atoms with Crippen molar-refractivity contribution < 1.29 is 24.0 Å². The van der Waals surface area contributed by atoms with E-state index in [2.05, 4.69) is 34.5 Å². The van der Waals surface area contributed by atoms with Crippen molar-refractivity contribution in [2.75, 3.05) is 22.9 Å². The fourth-order valence-electron chi connectivity index (χ4n) is 7.61. The summed E-state index contributed by atoms with van der Waals surface area (Å²) in [6, 6.07) is 36.7. The number of nitrogens with one attached hydrogen (secondary N) is 1. The summed E-state index contributed by atoms with van der Waals surface area (Å²) < 4.78 is 5.82. The summed E-state index contributed by atoms with van der Waals surface area (Å²) in [4.78, 5) is 55.0. The van der Waals surface area contributed by atoms with Crippen molar-refractivity contribution >= 4 is 41.0 Å². The zero-order chi connectivity index (χ0) is 35.8. The lowest BCUT2D eigenvalue weighted by Crippen LogP contribution is -2.54. The first-order valence-electron chi connectivity index (χ1n) is 17.2. The van der Waals surface area contributed by atoms with Crippen LogP contribution in [0, 0.1) is 10.1 Å². The number of nitrogens with zero attached hydrogens (tertiary/aromatic N) is 3. The highest BCUT2D eigenvalue weighted by atomic mass is 16.6. The van der Waals surface area contributed by atoms with Gasteiger partial charge in [0, 0.05) is 42.7 Å². The van der Waals surface area contributed by atoms with E-state index in [-0.39, 0.29) is 29.7 Å². The van der Waals surface area contributed by atoms with Crippen molar-refractivity contribution in [1.82, 2.24) is 5.32 Å². The van der Waals surface area contributed by atoms with E-state index in [1.165, 1.54) is 29.3 Å². The molecule has 1 fully saturated rings. The molecule has 0 aromatic heterocycles. The van der Waals surface area contributed by atoms with E-state index >= 15 is 0 Å². The van der Waals surface area contributed by atoms with E-state index in [0.717, 1.165) is 47.6 Å². The Morgan fingerprint density at radius 1 is 0.769 bits per heavy atom. The van der Waals surface area contributed by atoms with Gasteiger partial charge in [0.25, 0.3) is 17.5 Å². The number of benzene rings is 5. The third-order valence-electron chi connectivity index (χ3n) is 10.1. The summed E-state index contributed by atoms with van der Waals surface area (Å²) in [6.45, 7) is 1.93. The first-order valence-corrected chi connectivity index (χ1v) is 17.2. The maximum Gasteiger partial charge on any atom is 0.335 e. The van der Waals surface area contributed by atoms with Crippen molar-refractivity contribution in [2.24, 2.45) is 0 Å². The maximum absolute atomic E-state index is 14.2. The molecule has 4 amide bonds. The summed E-state index contributed by atoms with van der Waals surface area (Å²) in [5.74, 6) is -0.839. The van der Waals surface area contributed by atoms with Gasteiger partial charge >= 0.3 is 6.03 Å². The number of hydrogen-bond donors (Lipinski definition) is 1. The Bertz CT molecular complexity index is 2160. The number of amides is 4. The number of nitro groups is 1. The minimum Gasteiger partial charge on any atom is -0.489 e. The van der Waals surface area contributed by atoms with Crippen LogP contribution >= 0.6 is 0 Å². The second kappa shape index (κ2) is 13.6. The molecule has 5 aromatic carbocycles. The van der Waals surface area contributed by atoms with Gasteiger partial charge in [-0.1, -0.05) is 84.9 Å². The predicted octanol–water partition coefficient (Wildman–Crippen LogP) is 7.72. The fraction of sp³-hybridized carbons (Fsp3) is 0.167. The Labute approximate surface area is 300 Å². The molecule has 0 aliphatic carbocycles. The van der Waals surface area contributed by atoms with Crippen molar-refractivity contribution in [2.45, 2.75) is 31.3 Å². The van der Waals surface area contributed by atoms with Crippen LogP contribution in [0.15, 0.2) is 127 Å². The Morgan fingerprint density at radius 3 is 1.98 bits per heavy atom. The molecule has 2 atom stereocenters. The fourth-order valence-corrected chi connectivity index (χ4v) is 7.61. The molecule has 0 spiro atoms. The largest absolute Gasteiger partial charge is 0.489 e. The summed E-state index contributed by atoms with van der Waals surface area (Å²) in [5.41, 5.74) is 7.06. The first kappa shape index (κ1) is 32.6. The summed E-state index contributed by atoms with van der Waals surface area (Å²) in [6.07, 6.45) is 3.25. The van der Waals surface area contributed by atoms with Crippen LogP contribution < -0.4 is 19.9 Å². The van der Waals surface area contributed by atoms with Crippen LogP contribution in [-0.4, -0.2) is 35.9 Å². The lowest BCUT2D eigenvalue weighted by atomic mass is 9.76. The zero-order valence-corrected chi connectivity index (χ0v) is 28.1. The molecule has 10 nitrogen and oxygen atoms in total. The van der Waals surface area contributed by atoms with Crippen LogP contribution in [0.3, 0.4) is 0 Å². The van der Waals surface area contributed by atoms with Gasteiger partial charge in [0.05, 0.1) is 10.6 Å². The van der Waals surface area contributed by atoms with Gasteiger partial charge in [0.2, 0.25) is 0 Å². The van der Waals surface area contributed by atoms with Gasteiger partial charge in [0.15, 0.2) is 0 Å². The minimum atomic E-state index is -0.791. The Kier molecular flexibility index (Phi) is 8.56. The molecule has 0 radical (unpaired) electrons. The molecule has 52 heavy (non-hydrogen) atoms. The van der Waals surface area contributed by atoms with Crippen molar-refractivity contribution in [3.63, 3.8) is 0 Å². The molecule has 0 unspecified atom stereocenters. The SMILES string of the molecule is O=C1NC(=O)N(c2cc3c4c(c2)[C@H](c2ccccc2)CCN4CC[C@@H]3c2ccccc2)C(=O)/C1=C/c1ccc(OCc2cccc([N+](=O)[O-])c2)cc1. The molecule has 8 rings (SSSR count). The topological polar surface area (TPSA) is 122 Å². The standard InChI is InChI=1S/C42H34N4O6/c47-40-38(23-27-14-16-33(17-15-27)52-26-28-8-7-13-31(22-28)46(50)51)41(48)45(42(49)43-40)32-24-36-34(29-9-3-1-4-10-29)18-20-44-21-19-35(37(25-32)39(36)44)30-11-5-2-6-12-30/h1-17,22-25,34-35H,18-21,26H2,(H,43,47,49)/b38-23+/t34-,35+. The number of hydrogen-bond acceptors (Lipinski definition) is 7. The number of imide groups is 2. The normalized spacial score (nSPS) is 18.9. The average Bonchev–Trinajstić information content (AvgIpc) is 3.17. The summed E-state index contributed by atoms with van der Waals surface area (Å²) in [5, 5.41) is 13.5. The average molecular weight is 691 g/mol. The van der Waals surface area contributed by atoms with Crippen molar-refractivity contribution in [3.05, 3.63) is 170 Å². The number of carbonyl (C=O) groups excluding carboxylic acids is 3. The highest BCUT2D eigenvalue weighted by Crippen LogP contribution is 2.50. The number of ether oxygens (including phenoxy) is 1. The van der Waals surface area contributed by atoms with Gasteiger partial charge in [-0.2, -0.15) is 0 Å². The number of nitro benzene ring substituents is 1. The highest BCUT2D eigenvalue weighted by Gasteiger charge is 2.40. The lowest BCUT2D eigenvalue weighted by molar-refractivity contribution is -0.384. The van der Waals surface area contributed by atoms with Crippen molar-refractivity contribution in [3.8, 4) is 5.75 Å². The molecule has 10 heteroatoms. The van der Waals surface area contributed by atoms with Gasteiger partial charge in [-0.25, -0.2) is 9.69 Å². The second-order valence-electron chi connectivity index (χ2n) is 13.2. The van der Waals surface area contributed by atoms with Gasteiger partial charge in [-0.3, -0.25) is 25.0 Å². The molecule has 5 aromatic rings. The predicted molar refractivity (Wildman–Crippen MR) is 197 cm³/mol. The lowest BCUT2D eigenvalue weighted by Gasteiger charge is -2.44.